The van der Waals surface area contributed by atoms with Gasteiger partial charge < -0.3 is 9.73 Å². The van der Waals surface area contributed by atoms with Crippen LogP contribution in [0.1, 0.15) is 22.8 Å². The quantitative estimate of drug-likeness (QED) is 0.871. The number of furan rings is 1. The van der Waals surface area contributed by atoms with E-state index in [0.29, 0.717) is 0 Å². The van der Waals surface area contributed by atoms with E-state index in [0.717, 1.165) is 36.8 Å². The molecule has 2 aromatic heterocycles. The van der Waals surface area contributed by atoms with Crippen LogP contribution in [0.25, 0.3) is 0 Å². The summed E-state index contributed by atoms with van der Waals surface area (Å²) in [5, 5.41) is 5.19. The van der Waals surface area contributed by atoms with Crippen molar-refractivity contribution in [3.05, 3.63) is 39.7 Å². The molecule has 0 aliphatic rings. The van der Waals surface area contributed by atoms with E-state index >= 15 is 0 Å². The molecule has 0 saturated heterocycles. The summed E-state index contributed by atoms with van der Waals surface area (Å²) < 4.78 is 5.69. The first-order chi connectivity index (χ1) is 8.69. The lowest BCUT2D eigenvalue weighted by atomic mass is 10.2. The number of aromatic nitrogens is 1. The Hall–Kier alpha value is -1.17. The van der Waals surface area contributed by atoms with Crippen molar-refractivity contribution in [2.24, 2.45) is 0 Å². The van der Waals surface area contributed by atoms with Gasteiger partial charge in [0, 0.05) is 24.0 Å². The Morgan fingerprint density at radius 2 is 2.28 bits per heavy atom. The van der Waals surface area contributed by atoms with Crippen molar-refractivity contribution >= 4 is 11.3 Å². The third kappa shape index (κ3) is 3.41. The molecule has 98 valence electrons. The number of aryl methyl sites for hydroxylation is 1. The Labute approximate surface area is 112 Å². The molecule has 0 unspecified atom stereocenters. The predicted octanol–water partition coefficient (Wildman–Crippen LogP) is 2.40. The molecule has 2 heterocycles. The second kappa shape index (κ2) is 6.13. The number of rotatable bonds is 6. The number of hydrogen-bond acceptors (Lipinski definition) is 5. The predicted molar refractivity (Wildman–Crippen MR) is 73.5 cm³/mol. The van der Waals surface area contributed by atoms with Gasteiger partial charge in [-0.25, -0.2) is 4.98 Å². The Kier molecular flexibility index (Phi) is 4.52. The Bertz CT molecular complexity index is 478. The normalized spacial score (nSPS) is 11.3. The molecule has 0 saturated carbocycles. The zero-order valence-electron chi connectivity index (χ0n) is 11.1. The second-order valence-corrected chi connectivity index (χ2v) is 5.20. The lowest BCUT2D eigenvalue weighted by molar-refractivity contribution is 0.313. The van der Waals surface area contributed by atoms with Gasteiger partial charge in [-0.2, -0.15) is 0 Å². The monoisotopic (exact) mass is 265 g/mol. The highest BCUT2D eigenvalue weighted by molar-refractivity contribution is 7.07. The topological polar surface area (TPSA) is 41.3 Å². The Balaban J connectivity index is 1.95. The van der Waals surface area contributed by atoms with Crippen LogP contribution in [-0.2, 0) is 19.6 Å². The molecular formula is C13H19N3OS. The van der Waals surface area contributed by atoms with E-state index in [2.05, 4.69) is 33.7 Å². The summed E-state index contributed by atoms with van der Waals surface area (Å²) in [5.41, 5.74) is 4.24. The van der Waals surface area contributed by atoms with Crippen molar-refractivity contribution in [2.45, 2.75) is 26.6 Å². The maximum absolute atomic E-state index is 5.69. The van der Waals surface area contributed by atoms with Gasteiger partial charge in [-0.3, -0.25) is 4.90 Å². The maximum Gasteiger partial charge on any atom is 0.118 e. The maximum atomic E-state index is 5.69. The zero-order valence-corrected chi connectivity index (χ0v) is 11.9. The molecule has 4 nitrogen and oxygen atoms in total. The van der Waals surface area contributed by atoms with Gasteiger partial charge in [-0.05, 0) is 27.1 Å². The van der Waals surface area contributed by atoms with Crippen molar-refractivity contribution in [3.63, 3.8) is 0 Å². The molecule has 0 atom stereocenters. The highest BCUT2D eigenvalue weighted by Gasteiger charge is 2.10. The molecule has 0 bridgehead atoms. The largest absolute Gasteiger partial charge is 0.465 e. The third-order valence-electron chi connectivity index (χ3n) is 2.78. The molecular weight excluding hydrogens is 246 g/mol. The van der Waals surface area contributed by atoms with Crippen LogP contribution < -0.4 is 5.32 Å². The second-order valence-electron chi connectivity index (χ2n) is 4.48. The first-order valence-electron chi connectivity index (χ1n) is 5.97. The van der Waals surface area contributed by atoms with E-state index in [1.54, 1.807) is 11.3 Å². The van der Waals surface area contributed by atoms with Crippen LogP contribution in [0, 0.1) is 6.92 Å². The van der Waals surface area contributed by atoms with Crippen LogP contribution in [0.2, 0.25) is 0 Å². The Morgan fingerprint density at radius 1 is 1.44 bits per heavy atom. The fourth-order valence-electron chi connectivity index (χ4n) is 1.94. The van der Waals surface area contributed by atoms with Crippen molar-refractivity contribution in [1.82, 2.24) is 15.2 Å². The summed E-state index contributed by atoms with van der Waals surface area (Å²) in [6, 6.07) is 2.13. The molecule has 2 rings (SSSR count). The van der Waals surface area contributed by atoms with Crippen molar-refractivity contribution < 1.29 is 4.42 Å². The molecule has 0 fully saturated rings. The molecule has 0 radical (unpaired) electrons. The summed E-state index contributed by atoms with van der Waals surface area (Å²) >= 11 is 1.64. The minimum atomic E-state index is 0.774. The number of nitrogens with zero attached hydrogens (tertiary/aromatic N) is 2. The SMILES string of the molecule is CNCc1cc(CN(C)Cc2cscn2)c(C)o1. The van der Waals surface area contributed by atoms with Gasteiger partial charge in [-0.1, -0.05) is 0 Å². The van der Waals surface area contributed by atoms with E-state index in [4.69, 9.17) is 4.42 Å². The molecule has 0 spiro atoms. The first kappa shape index (κ1) is 13.3. The summed E-state index contributed by atoms with van der Waals surface area (Å²) in [4.78, 5) is 6.54. The van der Waals surface area contributed by atoms with Crippen molar-refractivity contribution in [2.75, 3.05) is 14.1 Å². The highest BCUT2D eigenvalue weighted by atomic mass is 32.1. The molecule has 2 aromatic rings. The molecule has 5 heteroatoms. The van der Waals surface area contributed by atoms with Crippen molar-refractivity contribution in [1.29, 1.82) is 0 Å². The molecule has 0 aliphatic carbocycles. The molecule has 0 aromatic carbocycles. The van der Waals surface area contributed by atoms with Gasteiger partial charge in [0.05, 0.1) is 17.7 Å². The van der Waals surface area contributed by atoms with Crippen LogP contribution in [0.5, 0.6) is 0 Å². The number of nitrogens with one attached hydrogen (secondary N) is 1. The minimum Gasteiger partial charge on any atom is -0.465 e. The molecule has 1 N–H and O–H groups in total. The average Bonchev–Trinajstić information content (AvgIpc) is 2.91. The van der Waals surface area contributed by atoms with Crippen LogP contribution >= 0.6 is 11.3 Å². The van der Waals surface area contributed by atoms with Crippen LogP contribution in [0.3, 0.4) is 0 Å². The van der Waals surface area contributed by atoms with Gasteiger partial charge in [0.15, 0.2) is 0 Å². The van der Waals surface area contributed by atoms with E-state index in [1.807, 2.05) is 19.5 Å². The lowest BCUT2D eigenvalue weighted by Gasteiger charge is -2.14. The number of hydrogen-bond donors (Lipinski definition) is 1. The summed E-state index contributed by atoms with van der Waals surface area (Å²) in [5.74, 6) is 2.00. The third-order valence-corrected chi connectivity index (χ3v) is 3.41. The fourth-order valence-corrected chi connectivity index (χ4v) is 2.49. The van der Waals surface area contributed by atoms with Crippen LogP contribution in [0.15, 0.2) is 21.4 Å². The van der Waals surface area contributed by atoms with Gasteiger partial charge in [0.25, 0.3) is 0 Å². The average molecular weight is 265 g/mol. The first-order valence-corrected chi connectivity index (χ1v) is 6.91. The van der Waals surface area contributed by atoms with Crippen LogP contribution in [0.4, 0.5) is 0 Å². The zero-order chi connectivity index (χ0) is 13.0. The summed E-state index contributed by atoms with van der Waals surface area (Å²) in [6.45, 7) is 4.55. The van der Waals surface area contributed by atoms with E-state index in [9.17, 15) is 0 Å². The van der Waals surface area contributed by atoms with E-state index < -0.39 is 0 Å². The van der Waals surface area contributed by atoms with Gasteiger partial charge in [0.2, 0.25) is 0 Å². The number of thiazole rings is 1. The molecule has 0 aliphatic heterocycles. The smallest absolute Gasteiger partial charge is 0.118 e. The van der Waals surface area contributed by atoms with Gasteiger partial charge >= 0.3 is 0 Å². The van der Waals surface area contributed by atoms with Crippen LogP contribution in [-0.4, -0.2) is 24.0 Å². The standard InChI is InChI=1S/C13H19N3OS/c1-10-11(4-13(17-10)5-14-2)6-16(3)7-12-8-18-9-15-12/h4,8-9,14H,5-7H2,1-3H3. The highest BCUT2D eigenvalue weighted by Crippen LogP contribution is 2.17. The summed E-state index contributed by atoms with van der Waals surface area (Å²) in [6.07, 6.45) is 0. The van der Waals surface area contributed by atoms with E-state index in [-0.39, 0.29) is 0 Å². The fraction of sp³-hybridized carbons (Fsp3) is 0.462. The van der Waals surface area contributed by atoms with Crippen molar-refractivity contribution in [3.8, 4) is 0 Å². The molecule has 18 heavy (non-hydrogen) atoms. The molecule has 0 amide bonds. The lowest BCUT2D eigenvalue weighted by Crippen LogP contribution is -2.17. The minimum absolute atomic E-state index is 0.774. The van der Waals surface area contributed by atoms with E-state index in [1.165, 1.54) is 5.56 Å². The Morgan fingerprint density at radius 3 is 2.94 bits per heavy atom. The van der Waals surface area contributed by atoms with Gasteiger partial charge in [-0.15, -0.1) is 11.3 Å². The summed E-state index contributed by atoms with van der Waals surface area (Å²) in [7, 11) is 4.02. The van der Waals surface area contributed by atoms with Gasteiger partial charge in [0.1, 0.15) is 11.5 Å².